The average molecular weight is 292 g/mol. The van der Waals surface area contributed by atoms with Crippen molar-refractivity contribution in [2.24, 2.45) is 0 Å². The molecule has 0 aliphatic rings. The molecule has 1 atom stereocenters. The molecule has 2 rings (SSSR count). The van der Waals surface area contributed by atoms with Gasteiger partial charge in [-0.2, -0.15) is 0 Å². The van der Waals surface area contributed by atoms with Crippen LogP contribution in [0.25, 0.3) is 0 Å². The highest BCUT2D eigenvalue weighted by atomic mass is 19.1. The zero-order valence-electron chi connectivity index (χ0n) is 11.0. The number of benzene rings is 2. The number of carbonyl (C=O) groups excluding carboxylic acids is 1. The molecule has 0 heterocycles. The summed E-state index contributed by atoms with van der Waals surface area (Å²) in [5.41, 5.74) is 5.15. The van der Waals surface area contributed by atoms with Crippen molar-refractivity contribution in [3.63, 3.8) is 0 Å². The second kappa shape index (κ2) is 6.81. The Kier molecular flexibility index (Phi) is 4.84. The fraction of sp³-hybridized carbons (Fsp3) is 0.133. The maximum atomic E-state index is 13.3. The predicted molar refractivity (Wildman–Crippen MR) is 74.1 cm³/mol. The largest absolute Gasteiger partial charge is 0.388 e. The lowest BCUT2D eigenvalue weighted by molar-refractivity contribution is -0.122. The van der Waals surface area contributed by atoms with Gasteiger partial charge in [0.15, 0.2) is 5.82 Å². The van der Waals surface area contributed by atoms with E-state index in [1.54, 1.807) is 30.3 Å². The predicted octanol–water partition coefficient (Wildman–Crippen LogP) is 2.53. The number of carbonyl (C=O) groups is 1. The lowest BCUT2D eigenvalue weighted by atomic mass is 10.1. The Morgan fingerprint density at radius 1 is 1.14 bits per heavy atom. The topological polar surface area (TPSA) is 61.4 Å². The molecule has 1 unspecified atom stereocenters. The Hall–Kier alpha value is -2.47. The monoisotopic (exact) mass is 292 g/mol. The van der Waals surface area contributed by atoms with Gasteiger partial charge in [0.1, 0.15) is 5.82 Å². The molecule has 110 valence electrons. The van der Waals surface area contributed by atoms with Crippen molar-refractivity contribution in [3.8, 4) is 0 Å². The van der Waals surface area contributed by atoms with E-state index in [4.69, 9.17) is 0 Å². The molecule has 4 nitrogen and oxygen atoms in total. The van der Waals surface area contributed by atoms with Crippen LogP contribution in [0.2, 0.25) is 0 Å². The number of aliphatic hydroxyl groups excluding tert-OH is 1. The lowest BCUT2D eigenvalue weighted by Gasteiger charge is -2.13. The number of rotatable bonds is 5. The fourth-order valence-corrected chi connectivity index (χ4v) is 1.75. The zero-order valence-corrected chi connectivity index (χ0v) is 11.0. The zero-order chi connectivity index (χ0) is 15.2. The molecule has 0 saturated heterocycles. The van der Waals surface area contributed by atoms with Gasteiger partial charge in [-0.15, -0.1) is 0 Å². The van der Waals surface area contributed by atoms with Crippen molar-refractivity contribution in [2.45, 2.75) is 12.5 Å². The molecule has 1 amide bonds. The summed E-state index contributed by atoms with van der Waals surface area (Å²) in [7, 11) is 0. The summed E-state index contributed by atoms with van der Waals surface area (Å²) in [4.78, 5) is 11.6. The van der Waals surface area contributed by atoms with Crippen molar-refractivity contribution >= 4 is 11.6 Å². The second-order valence-electron chi connectivity index (χ2n) is 4.43. The smallest absolute Gasteiger partial charge is 0.241 e. The number of aliphatic hydroxyl groups is 1. The molecule has 2 aromatic carbocycles. The Morgan fingerprint density at radius 3 is 2.52 bits per heavy atom. The standard InChI is InChI=1S/C15H14F2N2O2/c16-11-6-7-13(12(17)8-11)18-19-15(21)9-14(20)10-4-2-1-3-5-10/h1-8,14,18,20H,9H2,(H,19,21). The van der Waals surface area contributed by atoms with E-state index in [2.05, 4.69) is 10.9 Å². The first-order chi connectivity index (χ1) is 10.1. The van der Waals surface area contributed by atoms with Gasteiger partial charge in [0, 0.05) is 6.07 Å². The first kappa shape index (κ1) is 14.9. The Balaban J connectivity index is 1.87. The van der Waals surface area contributed by atoms with Crippen LogP contribution in [0.4, 0.5) is 14.5 Å². The molecule has 0 spiro atoms. The number of anilines is 1. The van der Waals surface area contributed by atoms with Crippen molar-refractivity contribution in [2.75, 3.05) is 5.43 Å². The van der Waals surface area contributed by atoms with Gasteiger partial charge in [0.2, 0.25) is 5.91 Å². The van der Waals surface area contributed by atoms with Crippen molar-refractivity contribution in [1.29, 1.82) is 0 Å². The third-order valence-electron chi connectivity index (χ3n) is 2.83. The number of halogens is 2. The number of hydrogen-bond acceptors (Lipinski definition) is 3. The minimum Gasteiger partial charge on any atom is -0.388 e. The molecule has 3 N–H and O–H groups in total. The van der Waals surface area contributed by atoms with Gasteiger partial charge in [-0.25, -0.2) is 8.78 Å². The van der Waals surface area contributed by atoms with E-state index >= 15 is 0 Å². The molecule has 0 fully saturated rings. The molecule has 6 heteroatoms. The first-order valence-electron chi connectivity index (χ1n) is 6.29. The highest BCUT2D eigenvalue weighted by molar-refractivity contribution is 5.78. The summed E-state index contributed by atoms with van der Waals surface area (Å²) < 4.78 is 26.0. The first-order valence-corrected chi connectivity index (χ1v) is 6.29. The second-order valence-corrected chi connectivity index (χ2v) is 4.43. The van der Waals surface area contributed by atoms with Gasteiger partial charge >= 0.3 is 0 Å². The molecule has 0 bridgehead atoms. The summed E-state index contributed by atoms with van der Waals surface area (Å²) in [6.07, 6.45) is -1.13. The number of hydrogen-bond donors (Lipinski definition) is 3. The van der Waals surface area contributed by atoms with E-state index in [9.17, 15) is 18.7 Å². The molecule has 0 saturated carbocycles. The van der Waals surface area contributed by atoms with Gasteiger partial charge in [0.25, 0.3) is 0 Å². The van der Waals surface area contributed by atoms with E-state index in [1.165, 1.54) is 6.07 Å². The Morgan fingerprint density at radius 2 is 1.86 bits per heavy atom. The molecule has 21 heavy (non-hydrogen) atoms. The van der Waals surface area contributed by atoms with Crippen LogP contribution in [0.5, 0.6) is 0 Å². The maximum absolute atomic E-state index is 13.3. The van der Waals surface area contributed by atoms with Crippen LogP contribution in [0.3, 0.4) is 0 Å². The molecular weight excluding hydrogens is 278 g/mol. The van der Waals surface area contributed by atoms with E-state index in [0.29, 0.717) is 11.6 Å². The lowest BCUT2D eigenvalue weighted by Crippen LogP contribution is -2.30. The van der Waals surface area contributed by atoms with Crippen LogP contribution in [-0.2, 0) is 4.79 Å². The van der Waals surface area contributed by atoms with E-state index in [-0.39, 0.29) is 12.1 Å². The third-order valence-corrected chi connectivity index (χ3v) is 2.83. The van der Waals surface area contributed by atoms with Gasteiger partial charge < -0.3 is 5.11 Å². The molecule has 0 aliphatic heterocycles. The number of hydrazine groups is 1. The van der Waals surface area contributed by atoms with Crippen LogP contribution in [0.15, 0.2) is 48.5 Å². The van der Waals surface area contributed by atoms with Crippen molar-refractivity contribution in [1.82, 2.24) is 5.43 Å². The van der Waals surface area contributed by atoms with Crippen LogP contribution in [0, 0.1) is 11.6 Å². The van der Waals surface area contributed by atoms with Crippen LogP contribution in [-0.4, -0.2) is 11.0 Å². The highest BCUT2D eigenvalue weighted by Gasteiger charge is 2.13. The normalized spacial score (nSPS) is 11.8. The van der Waals surface area contributed by atoms with Crippen LogP contribution in [0.1, 0.15) is 18.1 Å². The minimum atomic E-state index is -0.953. The van der Waals surface area contributed by atoms with E-state index < -0.39 is 23.6 Å². The summed E-state index contributed by atoms with van der Waals surface area (Å²) >= 11 is 0. The van der Waals surface area contributed by atoms with E-state index in [0.717, 1.165) is 6.07 Å². The van der Waals surface area contributed by atoms with Gasteiger partial charge in [0.05, 0.1) is 18.2 Å². The van der Waals surface area contributed by atoms with Crippen LogP contribution < -0.4 is 10.9 Å². The van der Waals surface area contributed by atoms with Crippen LogP contribution >= 0.6 is 0 Å². The Labute approximate surface area is 120 Å². The summed E-state index contributed by atoms with van der Waals surface area (Å²) in [6.45, 7) is 0. The average Bonchev–Trinajstić information content (AvgIpc) is 2.47. The quantitative estimate of drug-likeness (QED) is 0.742. The number of nitrogens with one attached hydrogen (secondary N) is 2. The summed E-state index contributed by atoms with van der Waals surface area (Å²) in [5.74, 6) is -2.04. The molecule has 0 radical (unpaired) electrons. The third kappa shape index (κ3) is 4.25. The van der Waals surface area contributed by atoms with Gasteiger partial charge in [-0.3, -0.25) is 15.6 Å². The SMILES string of the molecule is O=C(CC(O)c1ccccc1)NNc1ccc(F)cc1F. The molecule has 0 aromatic heterocycles. The summed E-state index contributed by atoms with van der Waals surface area (Å²) in [6, 6.07) is 11.6. The molecular formula is C15H14F2N2O2. The van der Waals surface area contributed by atoms with Crippen molar-refractivity contribution in [3.05, 3.63) is 65.7 Å². The fourth-order valence-electron chi connectivity index (χ4n) is 1.75. The Bertz CT molecular complexity index is 620. The number of amides is 1. The summed E-state index contributed by atoms with van der Waals surface area (Å²) in [5, 5.41) is 9.87. The van der Waals surface area contributed by atoms with Gasteiger partial charge in [-0.05, 0) is 17.7 Å². The minimum absolute atomic E-state index is 0.0565. The molecule has 0 aliphatic carbocycles. The van der Waals surface area contributed by atoms with E-state index in [1.807, 2.05) is 0 Å². The maximum Gasteiger partial charge on any atom is 0.241 e. The molecule has 2 aromatic rings. The highest BCUT2D eigenvalue weighted by Crippen LogP contribution is 2.16. The van der Waals surface area contributed by atoms with Crippen molar-refractivity contribution < 1.29 is 18.7 Å². The van der Waals surface area contributed by atoms with Gasteiger partial charge in [-0.1, -0.05) is 30.3 Å².